The van der Waals surface area contributed by atoms with E-state index in [1.54, 1.807) is 41.9 Å². The van der Waals surface area contributed by atoms with Crippen LogP contribution in [0.3, 0.4) is 0 Å². The van der Waals surface area contributed by atoms with Gasteiger partial charge < -0.3 is 10.1 Å². The van der Waals surface area contributed by atoms with Gasteiger partial charge in [0, 0.05) is 17.3 Å². The van der Waals surface area contributed by atoms with Gasteiger partial charge >= 0.3 is 12.0 Å². The van der Waals surface area contributed by atoms with Gasteiger partial charge in [0.15, 0.2) is 6.10 Å². The van der Waals surface area contributed by atoms with Crippen molar-refractivity contribution in [3.63, 3.8) is 0 Å². The lowest BCUT2D eigenvalue weighted by Crippen LogP contribution is -2.41. The van der Waals surface area contributed by atoms with E-state index in [1.165, 1.54) is 13.0 Å². The van der Waals surface area contributed by atoms with E-state index in [0.717, 1.165) is 11.6 Å². The normalized spacial score (nSPS) is 11.7. The lowest BCUT2D eigenvalue weighted by Gasteiger charge is -2.12. The number of nitrogens with zero attached hydrogens (tertiary/aromatic N) is 2. The highest BCUT2D eigenvalue weighted by molar-refractivity contribution is 6.31. The van der Waals surface area contributed by atoms with Crippen molar-refractivity contribution >= 4 is 41.3 Å². The molecule has 3 aromatic rings. The number of hydrogen-bond donors (Lipinski definition) is 2. The molecule has 8 nitrogen and oxygen atoms in total. The third kappa shape index (κ3) is 6.78. The maximum absolute atomic E-state index is 12.2. The van der Waals surface area contributed by atoms with E-state index in [4.69, 9.17) is 16.3 Å². The standard InChI is InChI=1S/C24H23ClN4O4/c1-16-20(22(25)29(28-16)15-18-9-5-3-6-10-18)13-14-21(30)33-17(2)23(31)27-24(32)26-19-11-7-4-8-12-19/h3-14,17H,15H2,1-2H3,(H2,26,27,31,32)/b14-13+. The summed E-state index contributed by atoms with van der Waals surface area (Å²) < 4.78 is 6.72. The van der Waals surface area contributed by atoms with Gasteiger partial charge in [-0.05, 0) is 37.6 Å². The lowest BCUT2D eigenvalue weighted by molar-refractivity contribution is -0.149. The molecule has 3 amide bonds. The number of imide groups is 1. The highest BCUT2D eigenvalue weighted by atomic mass is 35.5. The minimum Gasteiger partial charge on any atom is -0.449 e. The molecule has 0 radical (unpaired) electrons. The molecule has 0 bridgehead atoms. The number of nitrogens with one attached hydrogen (secondary N) is 2. The van der Waals surface area contributed by atoms with Crippen molar-refractivity contribution in [2.45, 2.75) is 26.5 Å². The van der Waals surface area contributed by atoms with Gasteiger partial charge in [-0.15, -0.1) is 0 Å². The first-order valence-electron chi connectivity index (χ1n) is 10.2. The van der Waals surface area contributed by atoms with Crippen LogP contribution in [-0.4, -0.2) is 33.8 Å². The number of aromatic nitrogens is 2. The fourth-order valence-electron chi connectivity index (χ4n) is 2.93. The number of urea groups is 1. The Hall–Kier alpha value is -3.91. The van der Waals surface area contributed by atoms with Crippen LogP contribution in [0.5, 0.6) is 0 Å². The highest BCUT2D eigenvalue weighted by Gasteiger charge is 2.19. The zero-order valence-electron chi connectivity index (χ0n) is 18.1. The highest BCUT2D eigenvalue weighted by Crippen LogP contribution is 2.22. The molecule has 1 heterocycles. The van der Waals surface area contributed by atoms with E-state index in [9.17, 15) is 14.4 Å². The molecule has 2 aromatic carbocycles. The molecule has 0 saturated carbocycles. The van der Waals surface area contributed by atoms with Crippen molar-refractivity contribution in [2.75, 3.05) is 5.32 Å². The van der Waals surface area contributed by atoms with Crippen molar-refractivity contribution in [2.24, 2.45) is 0 Å². The predicted octanol–water partition coefficient (Wildman–Crippen LogP) is 4.19. The number of esters is 1. The summed E-state index contributed by atoms with van der Waals surface area (Å²) in [5.74, 6) is -1.51. The first-order valence-corrected chi connectivity index (χ1v) is 10.5. The van der Waals surface area contributed by atoms with Crippen molar-refractivity contribution in [3.05, 3.63) is 88.7 Å². The van der Waals surface area contributed by atoms with Gasteiger partial charge in [0.25, 0.3) is 5.91 Å². The topological polar surface area (TPSA) is 102 Å². The fraction of sp³-hybridized carbons (Fsp3) is 0.167. The largest absolute Gasteiger partial charge is 0.449 e. The van der Waals surface area contributed by atoms with E-state index in [2.05, 4.69) is 15.7 Å². The van der Waals surface area contributed by atoms with E-state index < -0.39 is 24.0 Å². The predicted molar refractivity (Wildman–Crippen MR) is 126 cm³/mol. The third-order valence-corrected chi connectivity index (χ3v) is 5.00. The van der Waals surface area contributed by atoms with Gasteiger partial charge in [-0.25, -0.2) is 14.3 Å². The number of hydrogen-bond acceptors (Lipinski definition) is 5. The second kappa shape index (κ2) is 11.1. The molecule has 1 unspecified atom stereocenters. The number of anilines is 1. The number of para-hydroxylation sites is 1. The molecule has 9 heteroatoms. The maximum atomic E-state index is 12.2. The van der Waals surface area contributed by atoms with Crippen LogP contribution in [0, 0.1) is 6.92 Å². The van der Waals surface area contributed by atoms with Crippen LogP contribution < -0.4 is 10.6 Å². The third-order valence-electron chi connectivity index (χ3n) is 4.60. The number of carbonyl (C=O) groups excluding carboxylic acids is 3. The molecule has 0 saturated heterocycles. The minimum atomic E-state index is -1.18. The van der Waals surface area contributed by atoms with Gasteiger partial charge in [-0.1, -0.05) is 60.1 Å². The molecule has 170 valence electrons. The Morgan fingerprint density at radius 3 is 2.39 bits per heavy atom. The molecule has 0 aliphatic heterocycles. The summed E-state index contributed by atoms with van der Waals surface area (Å²) in [6, 6.07) is 17.6. The summed E-state index contributed by atoms with van der Waals surface area (Å²) in [7, 11) is 0. The van der Waals surface area contributed by atoms with Crippen molar-refractivity contribution in [1.82, 2.24) is 15.1 Å². The van der Waals surface area contributed by atoms with Crippen LogP contribution >= 0.6 is 11.6 Å². The molecule has 0 aliphatic carbocycles. The summed E-state index contributed by atoms with van der Waals surface area (Å²) in [6.45, 7) is 3.63. The van der Waals surface area contributed by atoms with E-state index in [0.29, 0.717) is 28.6 Å². The number of carbonyl (C=O) groups is 3. The first-order chi connectivity index (χ1) is 15.8. The van der Waals surface area contributed by atoms with Crippen molar-refractivity contribution in [3.8, 4) is 0 Å². The second-order valence-electron chi connectivity index (χ2n) is 7.15. The van der Waals surface area contributed by atoms with Gasteiger partial charge in [-0.2, -0.15) is 5.10 Å². The SMILES string of the molecule is Cc1nn(Cc2ccccc2)c(Cl)c1/C=C/C(=O)OC(C)C(=O)NC(=O)Nc1ccccc1. The van der Waals surface area contributed by atoms with Crippen LogP contribution in [0.1, 0.15) is 23.7 Å². The molecular weight excluding hydrogens is 444 g/mol. The first kappa shape index (κ1) is 23.7. The molecule has 1 atom stereocenters. The molecular formula is C24H23ClN4O4. The molecule has 0 spiro atoms. The molecule has 1 aromatic heterocycles. The van der Waals surface area contributed by atoms with Crippen LogP contribution in [0.2, 0.25) is 5.15 Å². The van der Waals surface area contributed by atoms with Crippen molar-refractivity contribution in [1.29, 1.82) is 0 Å². The summed E-state index contributed by atoms with van der Waals surface area (Å²) in [6.07, 6.45) is 1.47. The van der Waals surface area contributed by atoms with Gasteiger partial charge in [-0.3, -0.25) is 10.1 Å². The Morgan fingerprint density at radius 2 is 1.73 bits per heavy atom. The van der Waals surface area contributed by atoms with Crippen LogP contribution in [0.4, 0.5) is 10.5 Å². The van der Waals surface area contributed by atoms with E-state index >= 15 is 0 Å². The van der Waals surface area contributed by atoms with Crippen LogP contribution in [0.15, 0.2) is 66.7 Å². The monoisotopic (exact) mass is 466 g/mol. The average Bonchev–Trinajstić information content (AvgIpc) is 3.05. The molecule has 2 N–H and O–H groups in total. The maximum Gasteiger partial charge on any atom is 0.331 e. The van der Waals surface area contributed by atoms with Crippen LogP contribution in [-0.2, 0) is 20.9 Å². The van der Waals surface area contributed by atoms with Crippen molar-refractivity contribution < 1.29 is 19.1 Å². The Kier molecular flexibility index (Phi) is 7.99. The number of rotatable bonds is 7. The Morgan fingerprint density at radius 1 is 1.09 bits per heavy atom. The molecule has 33 heavy (non-hydrogen) atoms. The molecule has 0 fully saturated rings. The van der Waals surface area contributed by atoms with Crippen LogP contribution in [0.25, 0.3) is 6.08 Å². The quantitative estimate of drug-likeness (QED) is 0.401. The number of aryl methyl sites for hydroxylation is 1. The summed E-state index contributed by atoms with van der Waals surface area (Å²) in [5.41, 5.74) is 2.77. The Labute approximate surface area is 196 Å². The van der Waals surface area contributed by atoms with Gasteiger partial charge in [0.1, 0.15) is 5.15 Å². The van der Waals surface area contributed by atoms with Gasteiger partial charge in [0.2, 0.25) is 0 Å². The number of benzene rings is 2. The molecule has 0 aliphatic rings. The summed E-state index contributed by atoms with van der Waals surface area (Å²) >= 11 is 6.43. The van der Waals surface area contributed by atoms with E-state index in [-0.39, 0.29) is 0 Å². The number of amides is 3. The minimum absolute atomic E-state index is 0.378. The Balaban J connectivity index is 1.55. The Bertz CT molecular complexity index is 1160. The second-order valence-corrected chi connectivity index (χ2v) is 7.51. The fourth-order valence-corrected chi connectivity index (χ4v) is 3.23. The lowest BCUT2D eigenvalue weighted by atomic mass is 10.2. The smallest absolute Gasteiger partial charge is 0.331 e. The summed E-state index contributed by atoms with van der Waals surface area (Å²) in [5, 5.41) is 9.43. The number of halogens is 1. The summed E-state index contributed by atoms with van der Waals surface area (Å²) in [4.78, 5) is 36.2. The van der Waals surface area contributed by atoms with Gasteiger partial charge in [0.05, 0.1) is 12.2 Å². The van der Waals surface area contributed by atoms with E-state index in [1.807, 2.05) is 30.3 Å². The number of ether oxygens (including phenoxy) is 1. The average molecular weight is 467 g/mol. The zero-order valence-corrected chi connectivity index (χ0v) is 18.9. The zero-order chi connectivity index (χ0) is 23.8. The molecule has 3 rings (SSSR count).